The first kappa shape index (κ1) is 28.4. The van der Waals surface area contributed by atoms with Crippen LogP contribution in [0.1, 0.15) is 41.9 Å². The lowest BCUT2D eigenvalue weighted by molar-refractivity contribution is -0.0473. The van der Waals surface area contributed by atoms with Crippen LogP contribution in [-0.4, -0.2) is 34.5 Å². The molecule has 186 valence electrons. The van der Waals surface area contributed by atoms with E-state index in [1.807, 2.05) is 0 Å². The van der Waals surface area contributed by atoms with E-state index in [0.29, 0.717) is 0 Å². The van der Waals surface area contributed by atoms with Gasteiger partial charge in [-0.3, -0.25) is 4.39 Å². The topological polar surface area (TPSA) is 68.3 Å². The first-order valence-corrected chi connectivity index (χ1v) is 11.3. The van der Waals surface area contributed by atoms with Gasteiger partial charge in [0.05, 0.1) is 12.2 Å². The predicted octanol–water partition coefficient (Wildman–Crippen LogP) is 5.21. The van der Waals surface area contributed by atoms with Crippen LogP contribution in [0, 0.1) is 29.2 Å². The molecule has 1 aromatic rings. The van der Waals surface area contributed by atoms with Gasteiger partial charge in [-0.1, -0.05) is 20.3 Å². The molecule has 4 nitrogen and oxygen atoms in total. The van der Waals surface area contributed by atoms with Crippen molar-refractivity contribution in [3.8, 4) is 0 Å². The van der Waals surface area contributed by atoms with Crippen LogP contribution in [0.25, 0.3) is 0 Å². The number of rotatable bonds is 7. The van der Waals surface area contributed by atoms with Crippen LogP contribution in [0.15, 0.2) is 0 Å². The average Bonchev–Trinajstić information content (AvgIpc) is 2.62. The second kappa shape index (κ2) is 8.95. The highest BCUT2D eigenvalue weighted by Crippen LogP contribution is 2.48. The van der Waals surface area contributed by atoms with E-state index in [0.717, 1.165) is 6.92 Å². The minimum atomic E-state index is -7.65. The Labute approximate surface area is 174 Å². The van der Waals surface area contributed by atoms with Gasteiger partial charge in [0.1, 0.15) is 0 Å². The summed E-state index contributed by atoms with van der Waals surface area (Å²) in [7, 11) is -15.3. The highest BCUT2D eigenvalue weighted by atomic mass is 32.3. The van der Waals surface area contributed by atoms with Crippen molar-refractivity contribution in [3.05, 3.63) is 34.4 Å². The summed E-state index contributed by atoms with van der Waals surface area (Å²) in [4.78, 5) is 0. The van der Waals surface area contributed by atoms with Crippen molar-refractivity contribution in [2.24, 2.45) is 5.92 Å². The molecule has 0 fully saturated rings. The fraction of sp³-hybridized carbons (Fsp3) is 0.600. The fourth-order valence-electron chi connectivity index (χ4n) is 2.82. The normalized spacial score (nSPS) is 15.8. The van der Waals surface area contributed by atoms with Gasteiger partial charge in [0.25, 0.3) is 19.7 Å². The lowest BCUT2D eigenvalue weighted by Crippen LogP contribution is -2.40. The molecule has 2 unspecified atom stereocenters. The largest absolute Gasteiger partial charge is 0.499 e. The van der Waals surface area contributed by atoms with Crippen LogP contribution >= 0.6 is 0 Å². The summed E-state index contributed by atoms with van der Waals surface area (Å²) < 4.78 is 189. The lowest BCUT2D eigenvalue weighted by atomic mass is 9.85. The summed E-state index contributed by atoms with van der Waals surface area (Å²) in [5.41, 5.74) is -18.5. The molecule has 0 aromatic heterocycles. The first-order chi connectivity index (χ1) is 14.2. The number of benzene rings is 1. The predicted molar refractivity (Wildman–Crippen MR) is 87.1 cm³/mol. The van der Waals surface area contributed by atoms with Crippen molar-refractivity contribution in [3.63, 3.8) is 0 Å². The Kier molecular flexibility index (Phi) is 7.93. The van der Waals surface area contributed by atoms with Crippen molar-refractivity contribution in [2.45, 2.75) is 41.8 Å². The second-order valence-corrected chi connectivity index (χ2v) is 10.9. The molecule has 1 aromatic carbocycles. The molecule has 0 aliphatic carbocycles. The molecule has 0 N–H and O–H groups in total. The zero-order chi connectivity index (χ0) is 25.6. The maximum Gasteiger partial charge on any atom is 0.499 e. The first-order valence-electron chi connectivity index (χ1n) is 8.22. The van der Waals surface area contributed by atoms with Crippen molar-refractivity contribution >= 4 is 19.7 Å². The van der Waals surface area contributed by atoms with E-state index in [-0.39, 0.29) is 6.42 Å². The number of hydrogen-bond donors (Lipinski definition) is 0. The Hall–Kier alpha value is -1.65. The van der Waals surface area contributed by atoms with Crippen LogP contribution in [0.4, 0.5) is 48.3 Å². The molecular weight excluding hydrogens is 517 g/mol. The third-order valence-corrected chi connectivity index (χ3v) is 9.07. The summed E-state index contributed by atoms with van der Waals surface area (Å²) in [6, 6.07) is 0. The van der Waals surface area contributed by atoms with Gasteiger partial charge in [0.15, 0.2) is 23.3 Å². The highest BCUT2D eigenvalue weighted by molar-refractivity contribution is 8.09. The molecule has 0 aliphatic heterocycles. The van der Waals surface area contributed by atoms with Gasteiger partial charge in [-0.15, -0.1) is 0 Å². The Morgan fingerprint density at radius 3 is 1.28 bits per heavy atom. The summed E-state index contributed by atoms with van der Waals surface area (Å²) >= 11 is 0. The fourth-order valence-corrected chi connectivity index (χ4v) is 6.33. The molecule has 0 aliphatic rings. The van der Waals surface area contributed by atoms with Crippen LogP contribution in [0.5, 0.6) is 0 Å². The third kappa shape index (κ3) is 4.54. The SMILES string of the molecule is CCC(CF)C(C)c1c(F)c(F)c(C(S(=O)(=O)C(F)(F)F)S(=O)(=O)C(F)(F)F)c(F)c1F. The van der Waals surface area contributed by atoms with Gasteiger partial charge < -0.3 is 0 Å². The van der Waals surface area contributed by atoms with E-state index in [2.05, 4.69) is 0 Å². The van der Waals surface area contributed by atoms with Crippen molar-refractivity contribution < 1.29 is 65.1 Å². The van der Waals surface area contributed by atoms with Gasteiger partial charge >= 0.3 is 11.0 Å². The van der Waals surface area contributed by atoms with E-state index in [4.69, 9.17) is 0 Å². The van der Waals surface area contributed by atoms with E-state index in [1.165, 1.54) is 6.92 Å². The molecule has 32 heavy (non-hydrogen) atoms. The lowest BCUT2D eigenvalue weighted by Gasteiger charge is -2.25. The number of sulfone groups is 2. The molecule has 17 heteroatoms. The monoisotopic (exact) mass is 530 g/mol. The van der Waals surface area contributed by atoms with Crippen LogP contribution in [-0.2, 0) is 19.7 Å². The minimum Gasteiger partial charge on any atom is -0.251 e. The summed E-state index contributed by atoms with van der Waals surface area (Å²) in [5, 5.41) is 0. The summed E-state index contributed by atoms with van der Waals surface area (Å²) in [5.74, 6) is -14.6. The molecular formula is C15H13F11O4S2. The molecule has 0 spiro atoms. The zero-order valence-corrected chi connectivity index (χ0v) is 17.4. The standard InChI is InChI=1S/C15H13F11O4S2/c1-3-6(4-16)5(2)7-9(17)11(19)8(12(20)10(7)18)13(31(27,28)14(21,22)23)32(29,30)15(24,25)26/h5-6,13H,3-4H2,1-2H3. The maximum absolute atomic E-state index is 14.5. The Morgan fingerprint density at radius 1 is 0.719 bits per heavy atom. The Balaban J connectivity index is 4.18. The zero-order valence-electron chi connectivity index (χ0n) is 15.8. The molecule has 2 atom stereocenters. The Bertz CT molecular complexity index is 999. The summed E-state index contributed by atoms with van der Waals surface area (Å²) in [6.07, 6.45) is -0.185. The van der Waals surface area contributed by atoms with Crippen molar-refractivity contribution in [1.82, 2.24) is 0 Å². The van der Waals surface area contributed by atoms with Crippen LogP contribution in [0.2, 0.25) is 0 Å². The van der Waals surface area contributed by atoms with Crippen LogP contribution in [0.3, 0.4) is 0 Å². The minimum absolute atomic E-state index is 0.185. The molecule has 0 saturated carbocycles. The third-order valence-electron chi connectivity index (χ3n) is 4.66. The molecule has 1 rings (SSSR count). The number of halogens is 11. The molecule has 0 bridgehead atoms. The highest BCUT2D eigenvalue weighted by Gasteiger charge is 2.65. The van der Waals surface area contributed by atoms with Crippen LogP contribution < -0.4 is 0 Å². The quantitative estimate of drug-likeness (QED) is 0.359. The smallest absolute Gasteiger partial charge is 0.251 e. The molecule has 0 amide bonds. The van der Waals surface area contributed by atoms with Gasteiger partial charge in [0, 0.05) is 5.56 Å². The second-order valence-electron chi connectivity index (χ2n) is 6.51. The number of alkyl halides is 7. The van der Waals surface area contributed by atoms with Gasteiger partial charge in [-0.2, -0.15) is 26.3 Å². The van der Waals surface area contributed by atoms with Gasteiger partial charge in [0.2, 0.25) is 4.58 Å². The molecule has 0 heterocycles. The molecule has 0 radical (unpaired) electrons. The van der Waals surface area contributed by atoms with Crippen molar-refractivity contribution in [2.75, 3.05) is 6.67 Å². The summed E-state index contributed by atoms with van der Waals surface area (Å²) in [6.45, 7) is 0.790. The molecule has 0 saturated heterocycles. The van der Waals surface area contributed by atoms with Gasteiger partial charge in [-0.05, 0) is 11.8 Å². The maximum atomic E-state index is 14.5. The van der Waals surface area contributed by atoms with Gasteiger partial charge in [-0.25, -0.2) is 34.4 Å². The van der Waals surface area contributed by atoms with Crippen molar-refractivity contribution in [1.29, 1.82) is 0 Å². The Morgan fingerprint density at radius 2 is 1.03 bits per heavy atom. The van der Waals surface area contributed by atoms with E-state index in [1.54, 1.807) is 0 Å². The van der Waals surface area contributed by atoms with E-state index < -0.39 is 88.2 Å². The number of hydrogen-bond acceptors (Lipinski definition) is 4. The van der Waals surface area contributed by atoms with E-state index >= 15 is 0 Å². The van der Waals surface area contributed by atoms with E-state index in [9.17, 15) is 65.1 Å². The average molecular weight is 530 g/mol.